The first-order chi connectivity index (χ1) is 13.5. The second-order valence-corrected chi connectivity index (χ2v) is 7.07. The van der Waals surface area contributed by atoms with E-state index in [0.29, 0.717) is 12.8 Å². The summed E-state index contributed by atoms with van der Waals surface area (Å²) in [5.41, 5.74) is 6.77. The van der Waals surface area contributed by atoms with Crippen LogP contribution in [-0.4, -0.2) is 16.9 Å². The first kappa shape index (κ1) is 19.6. The number of aliphatic carboxylic acids is 1. The lowest BCUT2D eigenvalue weighted by Gasteiger charge is -2.07. The maximum absolute atomic E-state index is 11.1. The number of ketones is 1. The van der Waals surface area contributed by atoms with E-state index in [1.165, 1.54) is 5.56 Å². The number of rotatable bonds is 8. The Morgan fingerprint density at radius 1 is 0.607 bits per heavy atom. The van der Waals surface area contributed by atoms with Gasteiger partial charge in [0.1, 0.15) is 5.78 Å². The highest BCUT2D eigenvalue weighted by molar-refractivity contribution is 5.76. The summed E-state index contributed by atoms with van der Waals surface area (Å²) < 4.78 is 0. The third kappa shape index (κ3) is 5.40. The molecule has 28 heavy (non-hydrogen) atoms. The molecule has 0 aliphatic rings. The molecule has 0 atom stereocenters. The predicted molar refractivity (Wildman–Crippen MR) is 112 cm³/mol. The molecule has 0 aliphatic carbocycles. The molecular formula is C25H24O3. The van der Waals surface area contributed by atoms with E-state index in [1.54, 1.807) is 6.92 Å². The van der Waals surface area contributed by atoms with Crippen LogP contribution in [0.1, 0.15) is 30.9 Å². The number of carboxylic acids is 1. The maximum atomic E-state index is 11.1. The third-order valence-electron chi connectivity index (χ3n) is 4.85. The summed E-state index contributed by atoms with van der Waals surface area (Å²) in [4.78, 5) is 21.8. The zero-order valence-corrected chi connectivity index (χ0v) is 16.0. The molecule has 0 unspecified atom stereocenters. The van der Waals surface area contributed by atoms with Gasteiger partial charge in [-0.25, -0.2) is 0 Å². The van der Waals surface area contributed by atoms with Gasteiger partial charge in [0, 0.05) is 12.8 Å². The minimum absolute atomic E-state index is 0.154. The number of carbonyl (C=O) groups excluding carboxylic acids is 1. The zero-order valence-electron chi connectivity index (χ0n) is 16.0. The Bertz CT molecular complexity index is 856. The second kappa shape index (κ2) is 9.14. The van der Waals surface area contributed by atoms with Gasteiger partial charge >= 0.3 is 5.97 Å². The first-order valence-corrected chi connectivity index (χ1v) is 9.51. The molecule has 142 valence electrons. The summed E-state index contributed by atoms with van der Waals surface area (Å²) in [6.07, 6.45) is 2.08. The summed E-state index contributed by atoms with van der Waals surface area (Å²) in [5.74, 6) is -0.555. The summed E-state index contributed by atoms with van der Waals surface area (Å²) in [6.45, 7) is 1.62. The van der Waals surface area contributed by atoms with Gasteiger partial charge in [0.2, 0.25) is 0 Å². The van der Waals surface area contributed by atoms with Gasteiger partial charge in [0.05, 0.1) is 0 Å². The second-order valence-electron chi connectivity index (χ2n) is 7.07. The van der Waals surface area contributed by atoms with Crippen LogP contribution in [0.3, 0.4) is 0 Å². The van der Waals surface area contributed by atoms with Gasteiger partial charge in [-0.05, 0) is 53.1 Å². The van der Waals surface area contributed by atoms with Crippen LogP contribution >= 0.6 is 0 Å². The Morgan fingerprint density at radius 3 is 1.25 bits per heavy atom. The Kier molecular flexibility index (Phi) is 6.38. The first-order valence-electron chi connectivity index (χ1n) is 9.51. The smallest absolute Gasteiger partial charge is 0.303 e. The molecule has 0 bridgehead atoms. The molecule has 0 amide bonds. The van der Waals surface area contributed by atoms with Crippen LogP contribution in [-0.2, 0) is 22.4 Å². The van der Waals surface area contributed by atoms with Crippen molar-refractivity contribution in [3.8, 4) is 22.3 Å². The highest BCUT2D eigenvalue weighted by Gasteiger charge is 2.03. The molecule has 0 saturated carbocycles. The average Bonchev–Trinajstić information content (AvgIpc) is 2.72. The molecule has 3 heteroatoms. The van der Waals surface area contributed by atoms with Crippen LogP contribution in [0.15, 0.2) is 72.8 Å². The highest BCUT2D eigenvalue weighted by Crippen LogP contribution is 2.26. The minimum Gasteiger partial charge on any atom is -0.481 e. The van der Waals surface area contributed by atoms with Gasteiger partial charge < -0.3 is 9.90 Å². The lowest BCUT2D eigenvalue weighted by atomic mass is 9.98. The molecule has 3 rings (SSSR count). The molecular weight excluding hydrogens is 348 g/mol. The summed E-state index contributed by atoms with van der Waals surface area (Å²) in [5, 5.41) is 8.78. The van der Waals surface area contributed by atoms with E-state index >= 15 is 0 Å². The van der Waals surface area contributed by atoms with E-state index in [4.69, 9.17) is 5.11 Å². The molecule has 3 aromatic rings. The van der Waals surface area contributed by atoms with Gasteiger partial charge in [-0.15, -0.1) is 0 Å². The van der Waals surface area contributed by atoms with Crippen molar-refractivity contribution in [1.29, 1.82) is 0 Å². The van der Waals surface area contributed by atoms with E-state index < -0.39 is 5.97 Å². The van der Waals surface area contributed by atoms with Crippen LogP contribution < -0.4 is 0 Å². The van der Waals surface area contributed by atoms with Crippen LogP contribution in [0.4, 0.5) is 0 Å². The number of Topliss-reactive ketones (excluding diaryl/α,β-unsaturated/α-hetero) is 1. The van der Waals surface area contributed by atoms with Gasteiger partial charge in [-0.1, -0.05) is 72.8 Å². The monoisotopic (exact) mass is 372 g/mol. The molecule has 0 fully saturated rings. The number of hydrogen-bond donors (Lipinski definition) is 1. The standard InChI is InChI=1S/C25H24O3/c1-18(26)2-3-19-4-9-21(10-5-19)23-13-15-24(16-14-23)22-11-6-20(7-12-22)8-17-25(27)28/h4-7,9-16H,2-3,8,17H2,1H3,(H,27,28). The summed E-state index contributed by atoms with van der Waals surface area (Å²) in [7, 11) is 0. The fourth-order valence-electron chi connectivity index (χ4n) is 3.15. The van der Waals surface area contributed by atoms with Crippen molar-refractivity contribution in [2.75, 3.05) is 0 Å². The van der Waals surface area contributed by atoms with Gasteiger partial charge in [0.25, 0.3) is 0 Å². The molecule has 0 heterocycles. The van der Waals surface area contributed by atoms with Crippen LogP contribution in [0.25, 0.3) is 22.3 Å². The fraction of sp³-hybridized carbons (Fsp3) is 0.200. The summed E-state index contributed by atoms with van der Waals surface area (Å²) >= 11 is 0. The van der Waals surface area contributed by atoms with Crippen molar-refractivity contribution < 1.29 is 14.7 Å². The van der Waals surface area contributed by atoms with Crippen molar-refractivity contribution in [1.82, 2.24) is 0 Å². The van der Waals surface area contributed by atoms with Crippen molar-refractivity contribution in [2.24, 2.45) is 0 Å². The van der Waals surface area contributed by atoms with E-state index in [0.717, 1.165) is 34.2 Å². The molecule has 0 saturated heterocycles. The number of benzene rings is 3. The van der Waals surface area contributed by atoms with E-state index in [1.807, 2.05) is 24.3 Å². The Hall–Kier alpha value is -3.20. The largest absolute Gasteiger partial charge is 0.481 e. The van der Waals surface area contributed by atoms with Crippen LogP contribution in [0.5, 0.6) is 0 Å². The Balaban J connectivity index is 1.67. The molecule has 0 spiro atoms. The van der Waals surface area contributed by atoms with Crippen molar-refractivity contribution >= 4 is 11.8 Å². The number of hydrogen-bond acceptors (Lipinski definition) is 2. The summed E-state index contributed by atoms with van der Waals surface area (Å²) in [6, 6.07) is 24.9. The molecule has 3 aromatic carbocycles. The fourth-order valence-corrected chi connectivity index (χ4v) is 3.15. The van der Waals surface area contributed by atoms with Gasteiger partial charge in [0.15, 0.2) is 0 Å². The van der Waals surface area contributed by atoms with Crippen molar-refractivity contribution in [2.45, 2.75) is 32.6 Å². The van der Waals surface area contributed by atoms with Gasteiger partial charge in [-0.3, -0.25) is 4.79 Å². The Labute approximate surface area is 165 Å². The lowest BCUT2D eigenvalue weighted by Crippen LogP contribution is -1.97. The SMILES string of the molecule is CC(=O)CCc1ccc(-c2ccc(-c3ccc(CCC(=O)O)cc3)cc2)cc1. The van der Waals surface area contributed by atoms with Gasteiger partial charge in [-0.2, -0.15) is 0 Å². The lowest BCUT2D eigenvalue weighted by molar-refractivity contribution is -0.137. The van der Waals surface area contributed by atoms with E-state index in [9.17, 15) is 9.59 Å². The normalized spacial score (nSPS) is 10.6. The van der Waals surface area contributed by atoms with E-state index in [-0.39, 0.29) is 12.2 Å². The van der Waals surface area contributed by atoms with Crippen LogP contribution in [0, 0.1) is 0 Å². The highest BCUT2D eigenvalue weighted by atomic mass is 16.4. The number of carbonyl (C=O) groups is 2. The predicted octanol–water partition coefficient (Wildman–Crippen LogP) is 5.56. The molecule has 3 nitrogen and oxygen atoms in total. The van der Waals surface area contributed by atoms with Crippen molar-refractivity contribution in [3.05, 3.63) is 83.9 Å². The molecule has 1 N–H and O–H groups in total. The Morgan fingerprint density at radius 2 is 0.929 bits per heavy atom. The van der Waals surface area contributed by atoms with Crippen LogP contribution in [0.2, 0.25) is 0 Å². The third-order valence-corrected chi connectivity index (χ3v) is 4.85. The van der Waals surface area contributed by atoms with Crippen molar-refractivity contribution in [3.63, 3.8) is 0 Å². The number of aryl methyl sites for hydroxylation is 2. The van der Waals surface area contributed by atoms with E-state index in [2.05, 4.69) is 48.5 Å². The minimum atomic E-state index is -0.772. The molecule has 0 aliphatic heterocycles. The topological polar surface area (TPSA) is 54.4 Å². The molecule has 0 radical (unpaired) electrons. The maximum Gasteiger partial charge on any atom is 0.303 e. The zero-order chi connectivity index (χ0) is 19.9. The molecule has 0 aromatic heterocycles. The number of carboxylic acid groups (broad SMARTS) is 1. The quantitative estimate of drug-likeness (QED) is 0.563. The average molecular weight is 372 g/mol.